The molecule has 5 rings (SSSR count). The summed E-state index contributed by atoms with van der Waals surface area (Å²) in [6, 6.07) is 33.9. The van der Waals surface area contributed by atoms with E-state index in [9.17, 15) is 0 Å². The van der Waals surface area contributed by atoms with E-state index < -0.39 is 24.4 Å². The maximum atomic E-state index is 6.77. The van der Waals surface area contributed by atoms with E-state index in [1.165, 1.54) is 0 Å². The molecule has 42 heavy (non-hydrogen) atoms. The van der Waals surface area contributed by atoms with Crippen LogP contribution in [-0.2, 0) is 38.8 Å². The first kappa shape index (κ1) is 29.6. The molecule has 0 N–H and O–H groups in total. The summed E-state index contributed by atoms with van der Waals surface area (Å²) in [5.41, 5.74) is 3.93. The Hall–Kier alpha value is -3.88. The van der Waals surface area contributed by atoms with E-state index >= 15 is 0 Å². The minimum atomic E-state index is -0.560. The van der Waals surface area contributed by atoms with Gasteiger partial charge in [-0.2, -0.15) is 0 Å². The summed E-state index contributed by atoms with van der Waals surface area (Å²) < 4.78 is 43.4. The van der Waals surface area contributed by atoms with E-state index in [2.05, 4.69) is 0 Å². The van der Waals surface area contributed by atoms with Gasteiger partial charge in [0.15, 0.2) is 0 Å². The molecule has 1 aliphatic rings. The van der Waals surface area contributed by atoms with Gasteiger partial charge in [-0.15, -0.1) is 0 Å². The van der Waals surface area contributed by atoms with Crippen LogP contribution < -0.4 is 14.2 Å². The quantitative estimate of drug-likeness (QED) is 0.171. The molecule has 1 fully saturated rings. The molecule has 0 spiro atoms. The predicted octanol–water partition coefficient (Wildman–Crippen LogP) is 6.54. The number of benzene rings is 4. The first-order chi connectivity index (χ1) is 20.7. The Labute approximate surface area is 247 Å². The van der Waals surface area contributed by atoms with Crippen LogP contribution >= 0.6 is 0 Å². The van der Waals surface area contributed by atoms with E-state index in [-0.39, 0.29) is 0 Å². The van der Waals surface area contributed by atoms with E-state index in [0.717, 1.165) is 22.3 Å². The second kappa shape index (κ2) is 14.8. The molecule has 0 bridgehead atoms. The van der Waals surface area contributed by atoms with Crippen LogP contribution in [0.5, 0.6) is 17.2 Å². The van der Waals surface area contributed by atoms with Crippen molar-refractivity contribution in [3.05, 3.63) is 125 Å². The molecular weight excluding hydrogens is 532 g/mol. The van der Waals surface area contributed by atoms with Crippen molar-refractivity contribution in [2.75, 3.05) is 27.9 Å². The molecule has 0 amide bonds. The van der Waals surface area contributed by atoms with Gasteiger partial charge < -0.3 is 33.2 Å². The Morgan fingerprint density at radius 3 is 1.52 bits per heavy atom. The van der Waals surface area contributed by atoms with Gasteiger partial charge in [0.2, 0.25) is 0 Å². The minimum Gasteiger partial charge on any atom is -0.496 e. The lowest BCUT2D eigenvalue weighted by molar-refractivity contribution is -0.0898. The molecule has 4 aromatic carbocycles. The van der Waals surface area contributed by atoms with E-state index in [4.69, 9.17) is 33.2 Å². The van der Waals surface area contributed by atoms with Crippen molar-refractivity contribution in [2.45, 2.75) is 44.2 Å². The summed E-state index contributed by atoms with van der Waals surface area (Å²) in [4.78, 5) is 0. The topological polar surface area (TPSA) is 64.6 Å². The molecule has 0 saturated carbocycles. The molecule has 0 aromatic heterocycles. The van der Waals surface area contributed by atoms with Crippen LogP contribution in [-0.4, -0.2) is 46.2 Å². The third-order valence-corrected chi connectivity index (χ3v) is 7.31. The Bertz CT molecular complexity index is 1340. The molecule has 4 aromatic rings. The van der Waals surface area contributed by atoms with Gasteiger partial charge in [0.1, 0.15) is 41.7 Å². The molecule has 7 heteroatoms. The van der Waals surface area contributed by atoms with Crippen molar-refractivity contribution in [3.63, 3.8) is 0 Å². The lowest BCUT2D eigenvalue weighted by Gasteiger charge is -2.27. The van der Waals surface area contributed by atoms with Crippen LogP contribution in [0, 0.1) is 0 Å². The number of methoxy groups -OCH3 is 3. The van der Waals surface area contributed by atoms with Crippen molar-refractivity contribution < 1.29 is 33.2 Å². The van der Waals surface area contributed by atoms with Gasteiger partial charge in [-0.1, -0.05) is 91.0 Å². The number of hydrogen-bond donors (Lipinski definition) is 0. The van der Waals surface area contributed by atoms with E-state index in [1.54, 1.807) is 21.3 Å². The third-order valence-electron chi connectivity index (χ3n) is 7.31. The highest BCUT2D eigenvalue weighted by Crippen LogP contribution is 2.47. The first-order valence-corrected chi connectivity index (χ1v) is 14.1. The largest absolute Gasteiger partial charge is 0.496 e. The maximum absolute atomic E-state index is 6.77. The van der Waals surface area contributed by atoms with E-state index in [1.807, 2.05) is 103 Å². The lowest BCUT2D eigenvalue weighted by Crippen LogP contribution is -2.37. The summed E-state index contributed by atoms with van der Waals surface area (Å²) in [7, 11) is 4.85. The SMILES string of the molecule is COc1cc(OC)c([C@@H]2O[C@H](COCc3ccccc3)[C@@H](OCc3ccccc3)[C@H]2OCc2ccccc2)c(OC)c1. The first-order valence-electron chi connectivity index (χ1n) is 14.1. The monoisotopic (exact) mass is 570 g/mol. The standard InChI is InChI=1S/C35H38O7/c1-36-28-19-29(37-2)32(30(20-28)38-3)34-35(41-23-27-17-11-6-12-18-27)33(40-22-26-15-9-5-10-16-26)31(42-34)24-39-21-25-13-7-4-8-14-25/h4-20,31,33-35H,21-24H2,1-3H3/t31-,33-,34+,35-/m1/s1. The van der Waals surface area contributed by atoms with Gasteiger partial charge in [0, 0.05) is 12.1 Å². The molecule has 220 valence electrons. The highest BCUT2D eigenvalue weighted by atomic mass is 16.6. The fourth-order valence-corrected chi connectivity index (χ4v) is 5.19. The molecule has 4 atom stereocenters. The third kappa shape index (κ3) is 7.30. The second-order valence-electron chi connectivity index (χ2n) is 10.1. The molecule has 1 heterocycles. The predicted molar refractivity (Wildman–Crippen MR) is 160 cm³/mol. The zero-order chi connectivity index (χ0) is 29.1. The maximum Gasteiger partial charge on any atom is 0.132 e. The number of hydrogen-bond acceptors (Lipinski definition) is 7. The summed E-state index contributed by atoms with van der Waals surface area (Å²) in [5.74, 6) is 1.78. The second-order valence-corrected chi connectivity index (χ2v) is 10.1. The Balaban J connectivity index is 1.48. The zero-order valence-corrected chi connectivity index (χ0v) is 24.3. The van der Waals surface area contributed by atoms with Gasteiger partial charge in [-0.25, -0.2) is 0 Å². The fraction of sp³-hybridized carbons (Fsp3) is 0.314. The lowest BCUT2D eigenvalue weighted by atomic mass is 9.98. The molecule has 0 aliphatic carbocycles. The van der Waals surface area contributed by atoms with Crippen molar-refractivity contribution in [1.82, 2.24) is 0 Å². The van der Waals surface area contributed by atoms with Gasteiger partial charge >= 0.3 is 0 Å². The van der Waals surface area contributed by atoms with Crippen LogP contribution in [0.25, 0.3) is 0 Å². The average Bonchev–Trinajstić information content (AvgIpc) is 3.39. The molecule has 1 saturated heterocycles. The average molecular weight is 571 g/mol. The highest BCUT2D eigenvalue weighted by Gasteiger charge is 2.49. The molecule has 1 aliphatic heterocycles. The van der Waals surface area contributed by atoms with Gasteiger partial charge in [-0.05, 0) is 16.7 Å². The minimum absolute atomic E-state index is 0.316. The van der Waals surface area contributed by atoms with Crippen molar-refractivity contribution in [1.29, 1.82) is 0 Å². The van der Waals surface area contributed by atoms with Crippen molar-refractivity contribution in [2.24, 2.45) is 0 Å². The molecular formula is C35H38O7. The number of rotatable bonds is 14. The Morgan fingerprint density at radius 1 is 0.571 bits per heavy atom. The van der Waals surface area contributed by atoms with Gasteiger partial charge in [0.25, 0.3) is 0 Å². The van der Waals surface area contributed by atoms with Gasteiger partial charge in [-0.3, -0.25) is 0 Å². The summed E-state index contributed by atoms with van der Waals surface area (Å²) in [6.07, 6.45) is -1.91. The molecule has 0 radical (unpaired) electrons. The summed E-state index contributed by atoms with van der Waals surface area (Å²) >= 11 is 0. The summed E-state index contributed by atoms with van der Waals surface area (Å²) in [5, 5.41) is 0. The number of ether oxygens (including phenoxy) is 7. The fourth-order valence-electron chi connectivity index (χ4n) is 5.19. The smallest absolute Gasteiger partial charge is 0.132 e. The van der Waals surface area contributed by atoms with Crippen molar-refractivity contribution >= 4 is 0 Å². The van der Waals surface area contributed by atoms with Crippen molar-refractivity contribution in [3.8, 4) is 17.2 Å². The molecule has 0 unspecified atom stereocenters. The van der Waals surface area contributed by atoms with Crippen LogP contribution in [0.4, 0.5) is 0 Å². The highest BCUT2D eigenvalue weighted by molar-refractivity contribution is 5.52. The Kier molecular flexibility index (Phi) is 10.5. The van der Waals surface area contributed by atoms with Crippen LogP contribution in [0.3, 0.4) is 0 Å². The summed E-state index contributed by atoms with van der Waals surface area (Å²) in [6.45, 7) is 1.56. The van der Waals surface area contributed by atoms with Crippen LogP contribution in [0.15, 0.2) is 103 Å². The van der Waals surface area contributed by atoms with Crippen LogP contribution in [0.2, 0.25) is 0 Å². The van der Waals surface area contributed by atoms with Crippen LogP contribution in [0.1, 0.15) is 28.4 Å². The van der Waals surface area contributed by atoms with Gasteiger partial charge in [0.05, 0.1) is 53.3 Å². The molecule has 7 nitrogen and oxygen atoms in total. The van der Waals surface area contributed by atoms with E-state index in [0.29, 0.717) is 43.7 Å². The zero-order valence-electron chi connectivity index (χ0n) is 24.3. The Morgan fingerprint density at radius 2 is 1.05 bits per heavy atom. The normalized spacial score (nSPS) is 19.9.